The van der Waals surface area contributed by atoms with Crippen LogP contribution in [0.25, 0.3) is 0 Å². The molecule has 2 rings (SSSR count). The molecule has 0 heterocycles. The number of nitrogens with one attached hydrogen (secondary N) is 1. The van der Waals surface area contributed by atoms with Crippen molar-refractivity contribution in [3.63, 3.8) is 0 Å². The molecule has 0 fully saturated rings. The molecule has 0 saturated carbocycles. The summed E-state index contributed by atoms with van der Waals surface area (Å²) in [6.45, 7) is 3.14. The fourth-order valence-corrected chi connectivity index (χ4v) is 2.29. The van der Waals surface area contributed by atoms with Gasteiger partial charge in [-0.25, -0.2) is 9.18 Å². The number of hydrogen-bond donors (Lipinski definition) is 1. The molecule has 1 unspecified atom stereocenters. The second kappa shape index (κ2) is 9.20. The molecule has 2 aromatic carbocycles. The van der Waals surface area contributed by atoms with Gasteiger partial charge in [0.1, 0.15) is 11.6 Å². The summed E-state index contributed by atoms with van der Waals surface area (Å²) in [5, 5.41) is 2.53. The summed E-state index contributed by atoms with van der Waals surface area (Å²) in [4.78, 5) is 23.9. The van der Waals surface area contributed by atoms with Crippen molar-refractivity contribution in [3.05, 3.63) is 58.9 Å². The van der Waals surface area contributed by atoms with Gasteiger partial charge >= 0.3 is 5.97 Å². The van der Waals surface area contributed by atoms with Gasteiger partial charge in [0.15, 0.2) is 12.7 Å². The summed E-state index contributed by atoms with van der Waals surface area (Å²) in [5.41, 5.74) is 1.39. The molecule has 138 valence electrons. The average molecular weight is 380 g/mol. The number of carbonyl (C=O) groups excluding carboxylic acids is 2. The van der Waals surface area contributed by atoms with E-state index in [1.807, 2.05) is 19.1 Å². The standard InChI is InChI=1S/C19H19ClFNO4/c1-3-13-4-7-15(8-5-13)25-11-18(23)26-12(2)19(24)22-17-9-6-14(21)10-16(17)20/h4-10,12H,3,11H2,1-2H3,(H,22,24). The van der Waals surface area contributed by atoms with Gasteiger partial charge in [-0.1, -0.05) is 30.7 Å². The fraction of sp³-hybridized carbons (Fsp3) is 0.263. The van der Waals surface area contributed by atoms with Gasteiger partial charge in [-0.2, -0.15) is 0 Å². The van der Waals surface area contributed by atoms with Crippen molar-refractivity contribution in [2.75, 3.05) is 11.9 Å². The van der Waals surface area contributed by atoms with Gasteiger partial charge in [-0.05, 0) is 49.2 Å². The zero-order valence-corrected chi connectivity index (χ0v) is 15.2. The lowest BCUT2D eigenvalue weighted by molar-refractivity contribution is -0.155. The predicted octanol–water partition coefficient (Wildman–Crippen LogP) is 3.99. The highest BCUT2D eigenvalue weighted by Crippen LogP contribution is 2.22. The Balaban J connectivity index is 1.82. The van der Waals surface area contributed by atoms with E-state index in [0.717, 1.165) is 24.1 Å². The van der Waals surface area contributed by atoms with E-state index >= 15 is 0 Å². The molecule has 0 spiro atoms. The molecule has 0 bridgehead atoms. The quantitative estimate of drug-likeness (QED) is 0.739. The van der Waals surface area contributed by atoms with Crippen LogP contribution in [-0.2, 0) is 20.7 Å². The summed E-state index contributed by atoms with van der Waals surface area (Å²) in [5.74, 6) is -1.25. The summed E-state index contributed by atoms with van der Waals surface area (Å²) in [6.07, 6.45) is -0.151. The number of esters is 1. The predicted molar refractivity (Wildman–Crippen MR) is 96.9 cm³/mol. The molecular formula is C19H19ClFNO4. The Morgan fingerprint density at radius 3 is 2.50 bits per heavy atom. The summed E-state index contributed by atoms with van der Waals surface area (Å²) >= 11 is 5.84. The molecule has 0 aliphatic rings. The third-order valence-corrected chi connectivity index (χ3v) is 3.87. The van der Waals surface area contributed by atoms with Crippen LogP contribution in [0.5, 0.6) is 5.75 Å². The highest BCUT2D eigenvalue weighted by Gasteiger charge is 2.19. The largest absolute Gasteiger partial charge is 0.482 e. The van der Waals surface area contributed by atoms with Crippen molar-refractivity contribution in [3.8, 4) is 5.75 Å². The molecule has 7 heteroatoms. The van der Waals surface area contributed by atoms with Crippen LogP contribution in [0.15, 0.2) is 42.5 Å². The minimum atomic E-state index is -1.06. The number of ether oxygens (including phenoxy) is 2. The highest BCUT2D eigenvalue weighted by molar-refractivity contribution is 6.33. The van der Waals surface area contributed by atoms with E-state index in [0.29, 0.717) is 5.75 Å². The zero-order valence-electron chi connectivity index (χ0n) is 14.4. The van der Waals surface area contributed by atoms with E-state index in [2.05, 4.69) is 5.32 Å². The van der Waals surface area contributed by atoms with E-state index in [1.165, 1.54) is 13.0 Å². The topological polar surface area (TPSA) is 64.6 Å². The van der Waals surface area contributed by atoms with E-state index in [4.69, 9.17) is 21.1 Å². The first-order valence-electron chi connectivity index (χ1n) is 8.06. The first-order valence-corrected chi connectivity index (χ1v) is 8.44. The minimum Gasteiger partial charge on any atom is -0.482 e. The summed E-state index contributed by atoms with van der Waals surface area (Å²) in [6, 6.07) is 10.9. The normalized spacial score (nSPS) is 11.5. The maximum atomic E-state index is 13.0. The monoisotopic (exact) mass is 379 g/mol. The Kier molecular flexibility index (Phi) is 6.97. The molecule has 1 amide bonds. The molecular weight excluding hydrogens is 361 g/mol. The SMILES string of the molecule is CCc1ccc(OCC(=O)OC(C)C(=O)Nc2ccc(F)cc2Cl)cc1. The van der Waals surface area contributed by atoms with E-state index in [9.17, 15) is 14.0 Å². The van der Waals surface area contributed by atoms with E-state index in [-0.39, 0.29) is 17.3 Å². The van der Waals surface area contributed by atoms with E-state index < -0.39 is 23.8 Å². The van der Waals surface area contributed by atoms with Gasteiger partial charge in [0.2, 0.25) is 0 Å². The van der Waals surface area contributed by atoms with Crippen molar-refractivity contribution < 1.29 is 23.5 Å². The van der Waals surface area contributed by atoms with Crippen molar-refractivity contribution >= 4 is 29.2 Å². The maximum absolute atomic E-state index is 13.0. The molecule has 1 atom stereocenters. The number of benzene rings is 2. The van der Waals surface area contributed by atoms with Crippen LogP contribution in [0.4, 0.5) is 10.1 Å². The number of halogens is 2. The van der Waals surface area contributed by atoms with Gasteiger partial charge in [-0.15, -0.1) is 0 Å². The number of anilines is 1. The van der Waals surface area contributed by atoms with Crippen molar-refractivity contribution in [2.24, 2.45) is 0 Å². The van der Waals surface area contributed by atoms with Crippen LogP contribution in [0.3, 0.4) is 0 Å². The lowest BCUT2D eigenvalue weighted by atomic mass is 10.2. The maximum Gasteiger partial charge on any atom is 0.344 e. The molecule has 26 heavy (non-hydrogen) atoms. The molecule has 0 radical (unpaired) electrons. The van der Waals surface area contributed by atoms with Crippen LogP contribution in [0.1, 0.15) is 19.4 Å². The van der Waals surface area contributed by atoms with Crippen molar-refractivity contribution in [1.29, 1.82) is 0 Å². The first-order chi connectivity index (χ1) is 12.4. The molecule has 2 aromatic rings. The number of rotatable bonds is 7. The second-order valence-electron chi connectivity index (χ2n) is 5.53. The second-order valence-corrected chi connectivity index (χ2v) is 5.94. The average Bonchev–Trinajstić information content (AvgIpc) is 2.62. The molecule has 0 aliphatic carbocycles. The third kappa shape index (κ3) is 5.74. The van der Waals surface area contributed by atoms with Gasteiger partial charge in [0.05, 0.1) is 10.7 Å². The first kappa shape index (κ1) is 19.7. The summed E-state index contributed by atoms with van der Waals surface area (Å²) < 4.78 is 23.4. The minimum absolute atomic E-state index is 0.0516. The smallest absolute Gasteiger partial charge is 0.344 e. The number of aryl methyl sites for hydroxylation is 1. The van der Waals surface area contributed by atoms with Gasteiger partial charge < -0.3 is 14.8 Å². The Labute approximate surface area is 156 Å². The lowest BCUT2D eigenvalue weighted by Crippen LogP contribution is -2.31. The fourth-order valence-electron chi connectivity index (χ4n) is 2.07. The molecule has 0 saturated heterocycles. The van der Waals surface area contributed by atoms with Gasteiger partial charge in [0.25, 0.3) is 5.91 Å². The van der Waals surface area contributed by atoms with Crippen LogP contribution < -0.4 is 10.1 Å². The van der Waals surface area contributed by atoms with Gasteiger partial charge in [-0.3, -0.25) is 4.79 Å². The molecule has 0 aliphatic heterocycles. The Hall–Kier alpha value is -2.60. The molecule has 5 nitrogen and oxygen atoms in total. The molecule has 0 aromatic heterocycles. The van der Waals surface area contributed by atoms with Crippen molar-refractivity contribution in [2.45, 2.75) is 26.4 Å². The van der Waals surface area contributed by atoms with Gasteiger partial charge in [0, 0.05) is 0 Å². The van der Waals surface area contributed by atoms with E-state index in [1.54, 1.807) is 12.1 Å². The third-order valence-electron chi connectivity index (χ3n) is 3.55. The molecule has 1 N–H and O–H groups in total. The van der Waals surface area contributed by atoms with Crippen LogP contribution >= 0.6 is 11.6 Å². The Bertz CT molecular complexity index is 780. The zero-order chi connectivity index (χ0) is 19.1. The lowest BCUT2D eigenvalue weighted by Gasteiger charge is -2.14. The van der Waals surface area contributed by atoms with Crippen molar-refractivity contribution in [1.82, 2.24) is 0 Å². The summed E-state index contributed by atoms with van der Waals surface area (Å²) in [7, 11) is 0. The van der Waals surface area contributed by atoms with Crippen LogP contribution in [0, 0.1) is 5.82 Å². The number of hydrogen-bond acceptors (Lipinski definition) is 4. The highest BCUT2D eigenvalue weighted by atomic mass is 35.5. The number of carbonyl (C=O) groups is 2. The van der Waals surface area contributed by atoms with Crippen LogP contribution in [-0.4, -0.2) is 24.6 Å². The Morgan fingerprint density at radius 2 is 1.88 bits per heavy atom. The Morgan fingerprint density at radius 1 is 1.19 bits per heavy atom. The van der Waals surface area contributed by atoms with Crippen LogP contribution in [0.2, 0.25) is 5.02 Å². The number of amides is 1.